The summed E-state index contributed by atoms with van der Waals surface area (Å²) in [6.45, 7) is 10.3. The first-order valence-electron chi connectivity index (χ1n) is 7.77. The average molecular weight is 260 g/mol. The zero-order chi connectivity index (χ0) is 13.7. The van der Waals surface area contributed by atoms with Crippen LogP contribution in [-0.2, 0) is 6.42 Å². The molecule has 19 heavy (non-hydrogen) atoms. The standard InChI is InChI=1S/C17H28N2/c1-4-7-16-8-5-6-9-17(16)19-11-10-15(13-19)12-18-14(2)3/h5-6,8-9,14-15,18H,4,7,10-13H2,1-3H3. The molecule has 106 valence electrons. The second kappa shape index (κ2) is 6.95. The van der Waals surface area contributed by atoms with Crippen LogP contribution in [0.5, 0.6) is 0 Å². The summed E-state index contributed by atoms with van der Waals surface area (Å²) < 4.78 is 0. The minimum atomic E-state index is 0.599. The van der Waals surface area contributed by atoms with Crippen LogP contribution in [0.3, 0.4) is 0 Å². The SMILES string of the molecule is CCCc1ccccc1N1CCC(CNC(C)C)C1. The van der Waals surface area contributed by atoms with Gasteiger partial charge >= 0.3 is 0 Å². The van der Waals surface area contributed by atoms with E-state index in [0.717, 1.165) is 12.5 Å². The van der Waals surface area contributed by atoms with E-state index in [1.54, 1.807) is 0 Å². The predicted molar refractivity (Wildman–Crippen MR) is 83.9 cm³/mol. The van der Waals surface area contributed by atoms with Crippen molar-refractivity contribution < 1.29 is 0 Å². The van der Waals surface area contributed by atoms with Crippen molar-refractivity contribution in [3.8, 4) is 0 Å². The van der Waals surface area contributed by atoms with Gasteiger partial charge in [-0.15, -0.1) is 0 Å². The Hall–Kier alpha value is -1.02. The first-order valence-corrected chi connectivity index (χ1v) is 7.77. The van der Waals surface area contributed by atoms with Crippen LogP contribution >= 0.6 is 0 Å². The molecule has 0 spiro atoms. The van der Waals surface area contributed by atoms with E-state index in [2.05, 4.69) is 55.3 Å². The van der Waals surface area contributed by atoms with E-state index in [0.29, 0.717) is 6.04 Å². The molecular weight excluding hydrogens is 232 g/mol. The molecule has 1 aromatic carbocycles. The van der Waals surface area contributed by atoms with Gasteiger partial charge in [-0.05, 0) is 36.9 Å². The third kappa shape index (κ3) is 3.97. The van der Waals surface area contributed by atoms with E-state index in [1.807, 2.05) is 0 Å². The molecular formula is C17H28N2. The van der Waals surface area contributed by atoms with Crippen molar-refractivity contribution in [3.05, 3.63) is 29.8 Å². The van der Waals surface area contributed by atoms with Gasteiger partial charge in [0.25, 0.3) is 0 Å². The number of nitrogens with one attached hydrogen (secondary N) is 1. The molecule has 2 heteroatoms. The molecule has 1 fully saturated rings. The van der Waals surface area contributed by atoms with E-state index >= 15 is 0 Å². The number of hydrogen-bond acceptors (Lipinski definition) is 2. The highest BCUT2D eigenvalue weighted by Gasteiger charge is 2.23. The van der Waals surface area contributed by atoms with Crippen molar-refractivity contribution in [2.45, 2.75) is 46.1 Å². The number of nitrogens with zero attached hydrogens (tertiary/aromatic N) is 1. The summed E-state index contributed by atoms with van der Waals surface area (Å²) in [5.74, 6) is 0.803. The molecule has 0 radical (unpaired) electrons. The molecule has 0 bridgehead atoms. The van der Waals surface area contributed by atoms with Gasteiger partial charge in [0.2, 0.25) is 0 Å². The number of rotatable bonds is 6. The van der Waals surface area contributed by atoms with Gasteiger partial charge in [0.15, 0.2) is 0 Å². The van der Waals surface area contributed by atoms with E-state index in [1.165, 1.54) is 43.6 Å². The van der Waals surface area contributed by atoms with E-state index in [4.69, 9.17) is 0 Å². The number of anilines is 1. The minimum Gasteiger partial charge on any atom is -0.371 e. The molecule has 0 aromatic heterocycles. The van der Waals surface area contributed by atoms with Crippen LogP contribution < -0.4 is 10.2 Å². The third-order valence-corrected chi connectivity index (χ3v) is 3.95. The Labute approximate surface area is 118 Å². The quantitative estimate of drug-likeness (QED) is 0.842. The zero-order valence-electron chi connectivity index (χ0n) is 12.7. The van der Waals surface area contributed by atoms with Crippen molar-refractivity contribution in [1.82, 2.24) is 5.32 Å². The lowest BCUT2D eigenvalue weighted by Crippen LogP contribution is -2.30. The second-order valence-electron chi connectivity index (χ2n) is 6.04. The van der Waals surface area contributed by atoms with Crippen LogP contribution in [0.2, 0.25) is 0 Å². The van der Waals surface area contributed by atoms with Crippen LogP contribution in [0.4, 0.5) is 5.69 Å². The Morgan fingerprint density at radius 3 is 2.84 bits per heavy atom. The fourth-order valence-electron chi connectivity index (χ4n) is 2.92. The molecule has 1 aliphatic rings. The third-order valence-electron chi connectivity index (χ3n) is 3.95. The van der Waals surface area contributed by atoms with Gasteiger partial charge < -0.3 is 10.2 Å². The van der Waals surface area contributed by atoms with Crippen molar-refractivity contribution in [3.63, 3.8) is 0 Å². The highest BCUT2D eigenvalue weighted by atomic mass is 15.2. The van der Waals surface area contributed by atoms with Crippen LogP contribution in [0.25, 0.3) is 0 Å². The monoisotopic (exact) mass is 260 g/mol. The normalized spacial score (nSPS) is 19.4. The van der Waals surface area contributed by atoms with E-state index in [-0.39, 0.29) is 0 Å². The molecule has 1 atom stereocenters. The van der Waals surface area contributed by atoms with Crippen molar-refractivity contribution >= 4 is 5.69 Å². The fraction of sp³-hybridized carbons (Fsp3) is 0.647. The maximum Gasteiger partial charge on any atom is 0.0398 e. The molecule has 1 N–H and O–H groups in total. The highest BCUT2D eigenvalue weighted by Crippen LogP contribution is 2.27. The summed E-state index contributed by atoms with van der Waals surface area (Å²) in [6.07, 6.45) is 3.74. The Morgan fingerprint density at radius 1 is 1.32 bits per heavy atom. The summed E-state index contributed by atoms with van der Waals surface area (Å²) in [5.41, 5.74) is 2.99. The van der Waals surface area contributed by atoms with Gasteiger partial charge in [0.1, 0.15) is 0 Å². The molecule has 0 saturated carbocycles. The summed E-state index contributed by atoms with van der Waals surface area (Å²) in [6, 6.07) is 9.53. The first-order chi connectivity index (χ1) is 9.20. The van der Waals surface area contributed by atoms with E-state index in [9.17, 15) is 0 Å². The Morgan fingerprint density at radius 2 is 2.11 bits per heavy atom. The lowest BCUT2D eigenvalue weighted by molar-refractivity contribution is 0.480. The van der Waals surface area contributed by atoms with Crippen molar-refractivity contribution in [1.29, 1.82) is 0 Å². The Balaban J connectivity index is 1.96. The van der Waals surface area contributed by atoms with Gasteiger partial charge in [0, 0.05) is 24.8 Å². The van der Waals surface area contributed by atoms with Crippen LogP contribution in [0.15, 0.2) is 24.3 Å². The number of benzene rings is 1. The lowest BCUT2D eigenvalue weighted by Gasteiger charge is -2.22. The smallest absolute Gasteiger partial charge is 0.0398 e. The van der Waals surface area contributed by atoms with Gasteiger partial charge in [-0.1, -0.05) is 45.4 Å². The Bertz CT molecular complexity index is 387. The van der Waals surface area contributed by atoms with Crippen molar-refractivity contribution in [2.24, 2.45) is 5.92 Å². The Kier molecular flexibility index (Phi) is 5.26. The molecule has 1 saturated heterocycles. The second-order valence-corrected chi connectivity index (χ2v) is 6.04. The highest BCUT2D eigenvalue weighted by molar-refractivity contribution is 5.54. The predicted octanol–water partition coefficient (Wildman–Crippen LogP) is 3.46. The van der Waals surface area contributed by atoms with Gasteiger partial charge in [0.05, 0.1) is 0 Å². The molecule has 1 aliphatic heterocycles. The average Bonchev–Trinajstić information content (AvgIpc) is 2.86. The van der Waals surface area contributed by atoms with E-state index < -0.39 is 0 Å². The topological polar surface area (TPSA) is 15.3 Å². The molecule has 0 aliphatic carbocycles. The lowest BCUT2D eigenvalue weighted by atomic mass is 10.1. The minimum absolute atomic E-state index is 0.599. The van der Waals surface area contributed by atoms with Crippen LogP contribution in [0, 0.1) is 5.92 Å². The molecule has 0 amide bonds. The van der Waals surface area contributed by atoms with Gasteiger partial charge in [-0.2, -0.15) is 0 Å². The molecule has 1 unspecified atom stereocenters. The maximum absolute atomic E-state index is 3.57. The first kappa shape index (κ1) is 14.4. The van der Waals surface area contributed by atoms with Crippen LogP contribution in [0.1, 0.15) is 39.2 Å². The summed E-state index contributed by atoms with van der Waals surface area (Å²) in [4.78, 5) is 2.58. The molecule has 1 aromatic rings. The van der Waals surface area contributed by atoms with Gasteiger partial charge in [-0.25, -0.2) is 0 Å². The largest absolute Gasteiger partial charge is 0.371 e. The van der Waals surface area contributed by atoms with Crippen molar-refractivity contribution in [2.75, 3.05) is 24.5 Å². The molecule has 2 rings (SSSR count). The fourth-order valence-corrected chi connectivity index (χ4v) is 2.92. The van der Waals surface area contributed by atoms with Gasteiger partial charge in [-0.3, -0.25) is 0 Å². The molecule has 1 heterocycles. The summed E-state index contributed by atoms with van der Waals surface area (Å²) in [7, 11) is 0. The number of para-hydroxylation sites is 1. The number of aryl methyl sites for hydroxylation is 1. The zero-order valence-corrected chi connectivity index (χ0v) is 12.7. The number of hydrogen-bond donors (Lipinski definition) is 1. The molecule has 2 nitrogen and oxygen atoms in total. The van der Waals surface area contributed by atoms with Crippen LogP contribution in [-0.4, -0.2) is 25.7 Å². The summed E-state index contributed by atoms with van der Waals surface area (Å²) in [5, 5.41) is 3.57. The maximum atomic E-state index is 3.57. The summed E-state index contributed by atoms with van der Waals surface area (Å²) >= 11 is 0.